The molecule has 0 bridgehead atoms. The van der Waals surface area contributed by atoms with Gasteiger partial charge in [-0.15, -0.1) is 0 Å². The van der Waals surface area contributed by atoms with Crippen molar-refractivity contribution in [1.82, 2.24) is 25.8 Å². The van der Waals surface area contributed by atoms with Gasteiger partial charge >= 0.3 is 6.03 Å². The van der Waals surface area contributed by atoms with Crippen LogP contribution < -0.4 is 16.0 Å². The Bertz CT molecular complexity index is 700. The van der Waals surface area contributed by atoms with Crippen molar-refractivity contribution in [1.29, 1.82) is 0 Å². The quantitative estimate of drug-likeness (QED) is 0.374. The minimum atomic E-state index is -0.344. The van der Waals surface area contributed by atoms with Crippen LogP contribution in [0.1, 0.15) is 18.4 Å². The van der Waals surface area contributed by atoms with E-state index >= 15 is 0 Å². The summed E-state index contributed by atoms with van der Waals surface area (Å²) in [5.41, 5.74) is 1.12. The molecule has 1 aromatic carbocycles. The number of rotatable bonds is 6. The molecule has 0 radical (unpaired) electrons. The Balaban J connectivity index is 1.37. The molecule has 0 atom stereocenters. The van der Waals surface area contributed by atoms with Crippen molar-refractivity contribution in [2.45, 2.75) is 25.4 Å². The van der Waals surface area contributed by atoms with Crippen molar-refractivity contribution in [2.24, 2.45) is 4.99 Å². The highest BCUT2D eigenvalue weighted by Crippen LogP contribution is 2.14. The van der Waals surface area contributed by atoms with Crippen molar-refractivity contribution in [3.63, 3.8) is 0 Å². The molecule has 3 N–H and O–H groups in total. The molecule has 28 heavy (non-hydrogen) atoms. The summed E-state index contributed by atoms with van der Waals surface area (Å²) in [5, 5.41) is 9.06. The van der Waals surface area contributed by atoms with Gasteiger partial charge in [0.25, 0.3) is 0 Å². The fourth-order valence-electron chi connectivity index (χ4n) is 3.44. The first-order valence-corrected chi connectivity index (χ1v) is 9.57. The third kappa shape index (κ3) is 5.41. The molecular weight excluding hydrogens is 363 g/mol. The van der Waals surface area contributed by atoms with Crippen LogP contribution in [-0.4, -0.2) is 73.5 Å². The molecule has 9 heteroatoms. The van der Waals surface area contributed by atoms with E-state index in [1.165, 1.54) is 17.0 Å². The first kappa shape index (κ1) is 20.1. The van der Waals surface area contributed by atoms with Crippen LogP contribution in [0.5, 0.6) is 0 Å². The van der Waals surface area contributed by atoms with E-state index in [9.17, 15) is 14.0 Å². The zero-order valence-electron chi connectivity index (χ0n) is 16.1. The van der Waals surface area contributed by atoms with E-state index in [2.05, 4.69) is 25.8 Å². The van der Waals surface area contributed by atoms with Crippen molar-refractivity contribution in [3.8, 4) is 0 Å². The fourth-order valence-corrected chi connectivity index (χ4v) is 3.44. The summed E-state index contributed by atoms with van der Waals surface area (Å²) in [6.45, 7) is 3.56. The predicted molar refractivity (Wildman–Crippen MR) is 104 cm³/mol. The van der Waals surface area contributed by atoms with Crippen LogP contribution in [0.15, 0.2) is 29.3 Å². The average Bonchev–Trinajstić information content (AvgIpc) is 3.02. The van der Waals surface area contributed by atoms with Gasteiger partial charge in [-0.1, -0.05) is 12.1 Å². The second kappa shape index (κ2) is 9.50. The van der Waals surface area contributed by atoms with Crippen molar-refractivity contribution >= 4 is 17.9 Å². The number of nitrogens with one attached hydrogen (secondary N) is 3. The number of guanidine groups is 1. The lowest BCUT2D eigenvalue weighted by atomic mass is 10.0. The van der Waals surface area contributed by atoms with Crippen LogP contribution in [0, 0.1) is 5.82 Å². The lowest BCUT2D eigenvalue weighted by Crippen LogP contribution is -2.49. The molecule has 0 unspecified atom stereocenters. The predicted octanol–water partition coefficient (Wildman–Crippen LogP) is 0.507. The molecule has 2 saturated heterocycles. The molecule has 2 fully saturated rings. The highest BCUT2D eigenvalue weighted by atomic mass is 19.1. The molecule has 2 heterocycles. The van der Waals surface area contributed by atoms with E-state index in [4.69, 9.17) is 0 Å². The van der Waals surface area contributed by atoms with Gasteiger partial charge in [0.15, 0.2) is 5.96 Å². The highest BCUT2D eigenvalue weighted by molar-refractivity contribution is 6.01. The fraction of sp³-hybridized carbons (Fsp3) is 0.526. The molecule has 0 saturated carbocycles. The number of benzene rings is 1. The normalized spacial score (nSPS) is 19.1. The third-order valence-corrected chi connectivity index (χ3v) is 5.04. The number of nitrogens with zero attached hydrogens (tertiary/aromatic N) is 3. The molecule has 2 aliphatic rings. The maximum atomic E-state index is 13.0. The van der Waals surface area contributed by atoms with Gasteiger partial charge in [0.05, 0.1) is 6.54 Å². The number of hydrogen-bond donors (Lipinski definition) is 3. The summed E-state index contributed by atoms with van der Waals surface area (Å²) < 4.78 is 13.0. The van der Waals surface area contributed by atoms with Gasteiger partial charge < -0.3 is 16.0 Å². The molecule has 0 aromatic heterocycles. The number of hydrogen-bond acceptors (Lipinski definition) is 4. The zero-order valence-corrected chi connectivity index (χ0v) is 16.1. The van der Waals surface area contributed by atoms with Crippen LogP contribution in [0.4, 0.5) is 9.18 Å². The van der Waals surface area contributed by atoms with Gasteiger partial charge in [0.2, 0.25) is 5.91 Å². The highest BCUT2D eigenvalue weighted by Gasteiger charge is 2.27. The monoisotopic (exact) mass is 390 g/mol. The van der Waals surface area contributed by atoms with E-state index in [1.807, 2.05) is 12.1 Å². The second-order valence-corrected chi connectivity index (χ2v) is 7.02. The number of urea groups is 1. The summed E-state index contributed by atoms with van der Waals surface area (Å²) in [4.78, 5) is 30.9. The molecule has 3 amide bonds. The van der Waals surface area contributed by atoms with Crippen LogP contribution in [0.3, 0.4) is 0 Å². The number of piperidine rings is 1. The van der Waals surface area contributed by atoms with Crippen molar-refractivity contribution in [2.75, 3.05) is 39.8 Å². The summed E-state index contributed by atoms with van der Waals surface area (Å²) >= 11 is 0. The summed E-state index contributed by atoms with van der Waals surface area (Å²) in [7, 11) is 1.70. The molecule has 1 aromatic rings. The van der Waals surface area contributed by atoms with E-state index < -0.39 is 0 Å². The van der Waals surface area contributed by atoms with Gasteiger partial charge in [0, 0.05) is 45.8 Å². The minimum absolute atomic E-state index is 0.0717. The summed E-state index contributed by atoms with van der Waals surface area (Å²) in [6.07, 6.45) is 1.96. The number of likely N-dealkylation sites (tertiary alicyclic amines) is 1. The Morgan fingerprint density at radius 3 is 2.57 bits per heavy atom. The Morgan fingerprint density at radius 2 is 1.96 bits per heavy atom. The molecule has 152 valence electrons. The molecule has 0 spiro atoms. The molecule has 8 nitrogen and oxygen atoms in total. The van der Waals surface area contributed by atoms with E-state index in [1.54, 1.807) is 7.05 Å². The Kier molecular flexibility index (Phi) is 6.80. The molecular formula is C19H27FN6O2. The van der Waals surface area contributed by atoms with Crippen molar-refractivity contribution in [3.05, 3.63) is 35.6 Å². The number of amides is 3. The maximum absolute atomic E-state index is 13.0. The van der Waals surface area contributed by atoms with Crippen LogP contribution >= 0.6 is 0 Å². The molecule has 3 rings (SSSR count). The first-order valence-electron chi connectivity index (χ1n) is 9.57. The van der Waals surface area contributed by atoms with Crippen LogP contribution in [-0.2, 0) is 11.3 Å². The summed E-state index contributed by atoms with van der Waals surface area (Å²) in [6, 6.07) is 6.63. The largest absolute Gasteiger partial charge is 0.355 e. The van der Waals surface area contributed by atoms with E-state index in [-0.39, 0.29) is 24.3 Å². The average molecular weight is 390 g/mol. The van der Waals surface area contributed by atoms with Crippen molar-refractivity contribution < 1.29 is 14.0 Å². The van der Waals surface area contributed by atoms with Gasteiger partial charge in [-0.05, 0) is 30.5 Å². The topological polar surface area (TPSA) is 89.1 Å². The standard InChI is InChI=1S/C19H27FN6O2/c1-21-18(22-8-11-26-17(27)12-23-19(26)28)24-16-6-9-25(10-7-16)13-14-2-4-15(20)5-3-14/h2-5,16H,6-13H2,1H3,(H,23,28)(H2,21,22,24). The Hall–Kier alpha value is -2.68. The van der Waals surface area contributed by atoms with E-state index in [0.717, 1.165) is 38.0 Å². The Labute approximate surface area is 164 Å². The number of imide groups is 1. The zero-order chi connectivity index (χ0) is 19.9. The van der Waals surface area contributed by atoms with E-state index in [0.29, 0.717) is 25.1 Å². The summed E-state index contributed by atoms with van der Waals surface area (Å²) in [5.74, 6) is 0.257. The van der Waals surface area contributed by atoms with Gasteiger partial charge in [-0.2, -0.15) is 0 Å². The third-order valence-electron chi connectivity index (χ3n) is 5.04. The number of aliphatic imine (C=N–C) groups is 1. The van der Waals surface area contributed by atoms with Crippen LogP contribution in [0.2, 0.25) is 0 Å². The second-order valence-electron chi connectivity index (χ2n) is 7.02. The minimum Gasteiger partial charge on any atom is -0.355 e. The van der Waals surface area contributed by atoms with Gasteiger partial charge in [-0.3, -0.25) is 19.6 Å². The van der Waals surface area contributed by atoms with Crippen LogP contribution in [0.25, 0.3) is 0 Å². The number of halogens is 1. The molecule has 0 aliphatic carbocycles. The SMILES string of the molecule is CN=C(NCCN1C(=O)CNC1=O)NC1CCN(Cc2ccc(F)cc2)CC1. The van der Waals surface area contributed by atoms with Gasteiger partial charge in [-0.25, -0.2) is 9.18 Å². The number of carbonyl (C=O) groups excluding carboxylic acids is 2. The maximum Gasteiger partial charge on any atom is 0.324 e. The lowest BCUT2D eigenvalue weighted by Gasteiger charge is -2.33. The first-order chi connectivity index (χ1) is 13.5. The molecule has 2 aliphatic heterocycles. The Morgan fingerprint density at radius 1 is 1.25 bits per heavy atom. The number of carbonyl (C=O) groups is 2. The smallest absolute Gasteiger partial charge is 0.324 e. The van der Waals surface area contributed by atoms with Gasteiger partial charge in [0.1, 0.15) is 5.82 Å². The lowest BCUT2D eigenvalue weighted by molar-refractivity contribution is -0.124.